The molecule has 0 aliphatic rings. The van der Waals surface area contributed by atoms with E-state index in [2.05, 4.69) is 4.90 Å². The Hall–Kier alpha value is -1.09. The van der Waals surface area contributed by atoms with Crippen molar-refractivity contribution >= 4 is 5.97 Å². The van der Waals surface area contributed by atoms with Gasteiger partial charge in [-0.05, 0) is 33.5 Å². The summed E-state index contributed by atoms with van der Waals surface area (Å²) >= 11 is 0. The molecule has 74 valence electrons. The first-order chi connectivity index (χ1) is 6.13. The molecule has 0 rings (SSSR count). The van der Waals surface area contributed by atoms with Crippen LogP contribution in [0.4, 0.5) is 0 Å². The van der Waals surface area contributed by atoms with Gasteiger partial charge in [0.25, 0.3) is 0 Å². The molecule has 0 radical (unpaired) electrons. The van der Waals surface area contributed by atoms with E-state index in [0.717, 1.165) is 25.5 Å². The maximum Gasteiger partial charge on any atom is 0.328 e. The number of hydrogen-bond acceptors (Lipinski definition) is 2. The molecule has 0 atom stereocenters. The van der Waals surface area contributed by atoms with Gasteiger partial charge in [0.1, 0.15) is 0 Å². The maximum atomic E-state index is 10.1. The van der Waals surface area contributed by atoms with Crippen LogP contribution in [0.2, 0.25) is 0 Å². The molecule has 3 nitrogen and oxygen atoms in total. The van der Waals surface area contributed by atoms with Crippen molar-refractivity contribution in [1.29, 1.82) is 0 Å². The van der Waals surface area contributed by atoms with Crippen molar-refractivity contribution in [2.45, 2.75) is 12.8 Å². The first-order valence-electron chi connectivity index (χ1n) is 4.34. The molecule has 0 aliphatic carbocycles. The molecule has 1 N–H and O–H groups in total. The molecule has 0 aromatic rings. The second-order valence-corrected chi connectivity index (χ2v) is 3.07. The quantitative estimate of drug-likeness (QED) is 0.385. The number of nitrogens with zero attached hydrogens (tertiary/aromatic N) is 1. The maximum absolute atomic E-state index is 10.1. The number of rotatable bonds is 6. The summed E-state index contributed by atoms with van der Waals surface area (Å²) in [6, 6.07) is 0. The summed E-state index contributed by atoms with van der Waals surface area (Å²) in [6.45, 7) is 1.06. The molecule has 0 saturated heterocycles. The molecule has 0 unspecified atom stereocenters. The first-order valence-corrected chi connectivity index (χ1v) is 4.34. The van der Waals surface area contributed by atoms with Gasteiger partial charge in [-0.25, -0.2) is 4.79 Å². The average molecular weight is 183 g/mol. The smallest absolute Gasteiger partial charge is 0.328 e. The number of aliphatic carboxylic acids is 1. The van der Waals surface area contributed by atoms with Crippen LogP contribution in [-0.4, -0.2) is 36.6 Å². The number of hydrogen-bond donors (Lipinski definition) is 1. The van der Waals surface area contributed by atoms with Gasteiger partial charge in [0.15, 0.2) is 0 Å². The van der Waals surface area contributed by atoms with Crippen LogP contribution in [0.3, 0.4) is 0 Å². The van der Waals surface area contributed by atoms with E-state index in [1.54, 1.807) is 6.08 Å². The lowest BCUT2D eigenvalue weighted by Gasteiger charge is -2.06. The van der Waals surface area contributed by atoms with Gasteiger partial charge in [0.05, 0.1) is 0 Å². The molecule has 0 amide bonds. The molecule has 3 heteroatoms. The summed E-state index contributed by atoms with van der Waals surface area (Å²) in [4.78, 5) is 12.2. The Labute approximate surface area is 79.4 Å². The SMILES string of the molecule is CN(C)CCCC=CC=CC(=O)O. The van der Waals surface area contributed by atoms with Crippen LogP contribution in [0.5, 0.6) is 0 Å². The standard InChI is InChI=1S/C10H17NO2/c1-11(2)9-7-5-3-4-6-8-10(12)13/h3-4,6,8H,5,7,9H2,1-2H3,(H,12,13). The first kappa shape index (κ1) is 11.9. The molecule has 0 aromatic carbocycles. The molecule has 0 spiro atoms. The number of carboxylic acids is 1. The fourth-order valence-electron chi connectivity index (χ4n) is 0.838. The van der Waals surface area contributed by atoms with E-state index in [1.165, 1.54) is 6.08 Å². The van der Waals surface area contributed by atoms with E-state index >= 15 is 0 Å². The van der Waals surface area contributed by atoms with E-state index in [1.807, 2.05) is 20.2 Å². The van der Waals surface area contributed by atoms with E-state index in [-0.39, 0.29) is 0 Å². The lowest BCUT2D eigenvalue weighted by molar-refractivity contribution is -0.131. The molecule has 0 bridgehead atoms. The zero-order valence-corrected chi connectivity index (χ0v) is 8.23. The van der Waals surface area contributed by atoms with Gasteiger partial charge in [0, 0.05) is 6.08 Å². The van der Waals surface area contributed by atoms with E-state index in [9.17, 15) is 4.79 Å². The summed E-state index contributed by atoms with van der Waals surface area (Å²) in [7, 11) is 4.07. The minimum atomic E-state index is -0.905. The zero-order valence-electron chi connectivity index (χ0n) is 8.23. The highest BCUT2D eigenvalue weighted by Gasteiger charge is 1.86. The van der Waals surface area contributed by atoms with Crippen LogP contribution < -0.4 is 0 Å². The van der Waals surface area contributed by atoms with E-state index in [4.69, 9.17) is 5.11 Å². The van der Waals surface area contributed by atoms with Crippen LogP contribution in [0, 0.1) is 0 Å². The molecule has 13 heavy (non-hydrogen) atoms. The van der Waals surface area contributed by atoms with Gasteiger partial charge in [0.2, 0.25) is 0 Å². The van der Waals surface area contributed by atoms with Crippen molar-refractivity contribution in [2.75, 3.05) is 20.6 Å². The largest absolute Gasteiger partial charge is 0.478 e. The van der Waals surface area contributed by atoms with Gasteiger partial charge in [-0.2, -0.15) is 0 Å². The molecule has 0 saturated carbocycles. The Bertz CT molecular complexity index is 195. The Morgan fingerprint density at radius 1 is 1.38 bits per heavy atom. The predicted octanol–water partition coefficient (Wildman–Crippen LogP) is 1.53. The normalized spacial score (nSPS) is 11.9. The Morgan fingerprint density at radius 3 is 2.62 bits per heavy atom. The minimum absolute atomic E-state index is 0.905. The van der Waals surface area contributed by atoms with E-state index < -0.39 is 5.97 Å². The highest BCUT2D eigenvalue weighted by Crippen LogP contribution is 1.92. The fraction of sp³-hybridized carbons (Fsp3) is 0.500. The lowest BCUT2D eigenvalue weighted by atomic mass is 10.3. The summed E-state index contributed by atoms with van der Waals surface area (Å²) in [5.41, 5.74) is 0. The molecule has 0 heterocycles. The summed E-state index contributed by atoms with van der Waals surface area (Å²) < 4.78 is 0. The molecule has 0 aromatic heterocycles. The zero-order chi connectivity index (χ0) is 10.1. The average Bonchev–Trinajstić information content (AvgIpc) is 2.01. The monoisotopic (exact) mass is 183 g/mol. The summed E-state index contributed by atoms with van der Waals surface area (Å²) in [6.07, 6.45) is 8.50. The molecule has 0 aliphatic heterocycles. The van der Waals surface area contributed by atoms with Crippen molar-refractivity contribution in [3.05, 3.63) is 24.3 Å². The number of carboxylic acid groups (broad SMARTS) is 1. The molecular weight excluding hydrogens is 166 g/mol. The molecule has 0 fully saturated rings. The van der Waals surface area contributed by atoms with Crippen molar-refractivity contribution in [1.82, 2.24) is 4.90 Å². The Balaban J connectivity index is 3.37. The van der Waals surface area contributed by atoms with Crippen molar-refractivity contribution in [3.63, 3.8) is 0 Å². The Morgan fingerprint density at radius 2 is 2.08 bits per heavy atom. The number of allylic oxidation sites excluding steroid dienone is 3. The third kappa shape index (κ3) is 10.9. The van der Waals surface area contributed by atoms with Crippen LogP contribution in [0.25, 0.3) is 0 Å². The predicted molar refractivity (Wildman–Crippen MR) is 53.7 cm³/mol. The minimum Gasteiger partial charge on any atom is -0.478 e. The lowest BCUT2D eigenvalue weighted by Crippen LogP contribution is -2.12. The van der Waals surface area contributed by atoms with Crippen molar-refractivity contribution in [3.8, 4) is 0 Å². The highest BCUT2D eigenvalue weighted by atomic mass is 16.4. The topological polar surface area (TPSA) is 40.5 Å². The highest BCUT2D eigenvalue weighted by molar-refractivity contribution is 5.80. The fourth-order valence-corrected chi connectivity index (χ4v) is 0.838. The van der Waals surface area contributed by atoms with Gasteiger partial charge in [-0.1, -0.05) is 18.2 Å². The third-order valence-corrected chi connectivity index (χ3v) is 1.46. The van der Waals surface area contributed by atoms with Gasteiger partial charge < -0.3 is 10.0 Å². The van der Waals surface area contributed by atoms with Crippen LogP contribution in [0.15, 0.2) is 24.3 Å². The van der Waals surface area contributed by atoms with Crippen LogP contribution in [-0.2, 0) is 4.79 Å². The van der Waals surface area contributed by atoms with E-state index in [0.29, 0.717) is 0 Å². The summed E-state index contributed by atoms with van der Waals surface area (Å²) in [5, 5.41) is 8.26. The van der Waals surface area contributed by atoms with Gasteiger partial charge in [-0.3, -0.25) is 0 Å². The number of unbranched alkanes of at least 4 members (excludes halogenated alkanes) is 1. The third-order valence-electron chi connectivity index (χ3n) is 1.46. The van der Waals surface area contributed by atoms with Gasteiger partial charge >= 0.3 is 5.97 Å². The Kier molecular flexibility index (Phi) is 6.92. The second-order valence-electron chi connectivity index (χ2n) is 3.07. The van der Waals surface area contributed by atoms with Gasteiger partial charge in [-0.15, -0.1) is 0 Å². The van der Waals surface area contributed by atoms with Crippen molar-refractivity contribution in [2.24, 2.45) is 0 Å². The number of carbonyl (C=O) groups is 1. The van der Waals surface area contributed by atoms with Crippen LogP contribution >= 0.6 is 0 Å². The summed E-state index contributed by atoms with van der Waals surface area (Å²) in [5.74, 6) is -0.905. The van der Waals surface area contributed by atoms with Crippen molar-refractivity contribution < 1.29 is 9.90 Å². The second kappa shape index (κ2) is 7.55. The van der Waals surface area contributed by atoms with Crippen LogP contribution in [0.1, 0.15) is 12.8 Å². The molecular formula is C10H17NO2.